The van der Waals surface area contributed by atoms with Crippen LogP contribution >= 0.6 is 11.6 Å². The van der Waals surface area contributed by atoms with E-state index >= 15 is 0 Å². The Bertz CT molecular complexity index is 874. The van der Waals surface area contributed by atoms with Crippen molar-refractivity contribution in [2.45, 2.75) is 13.5 Å². The second kappa shape index (κ2) is 6.84. The Morgan fingerprint density at radius 2 is 2.00 bits per heavy atom. The number of nitrogens with zero attached hydrogens (tertiary/aromatic N) is 2. The summed E-state index contributed by atoms with van der Waals surface area (Å²) < 4.78 is 14.5. The first-order valence-electron chi connectivity index (χ1n) is 7.37. The smallest absolute Gasteiger partial charge is 0.256 e. The van der Waals surface area contributed by atoms with Crippen LogP contribution in [0, 0.1) is 12.7 Å². The largest absolute Gasteiger partial charge is 0.304 e. The van der Waals surface area contributed by atoms with Crippen molar-refractivity contribution in [1.82, 2.24) is 9.78 Å². The Labute approximate surface area is 143 Å². The van der Waals surface area contributed by atoms with Gasteiger partial charge in [0.1, 0.15) is 10.8 Å². The molecule has 1 amide bonds. The molecule has 2 aromatic carbocycles. The third kappa shape index (κ3) is 3.81. The van der Waals surface area contributed by atoms with Gasteiger partial charge >= 0.3 is 0 Å². The number of aromatic nitrogens is 2. The highest BCUT2D eigenvalue weighted by molar-refractivity contribution is 6.33. The fraction of sp³-hybridized carbons (Fsp3) is 0.111. The monoisotopic (exact) mass is 343 g/mol. The molecule has 6 heteroatoms. The molecule has 0 spiro atoms. The van der Waals surface area contributed by atoms with E-state index in [1.165, 1.54) is 12.1 Å². The molecular formula is C18H15ClFN3O. The standard InChI is InChI=1S/C18H15ClFN3O/c1-12-3-2-4-14(9-12)18(24)21-17-16(19)11-23(22-17)10-13-5-7-15(20)8-6-13/h2-9,11H,10H2,1H3,(H,21,22,24). The van der Waals surface area contributed by atoms with Gasteiger partial charge in [0.2, 0.25) is 0 Å². The van der Waals surface area contributed by atoms with Gasteiger partial charge in [0.25, 0.3) is 5.91 Å². The maximum absolute atomic E-state index is 12.9. The lowest BCUT2D eigenvalue weighted by molar-refractivity contribution is 0.102. The number of hydrogen-bond donors (Lipinski definition) is 1. The van der Waals surface area contributed by atoms with Crippen molar-refractivity contribution >= 4 is 23.3 Å². The predicted molar refractivity (Wildman–Crippen MR) is 91.9 cm³/mol. The number of amides is 1. The van der Waals surface area contributed by atoms with Gasteiger partial charge in [-0.05, 0) is 36.8 Å². The normalized spacial score (nSPS) is 10.6. The van der Waals surface area contributed by atoms with Crippen LogP contribution in [-0.4, -0.2) is 15.7 Å². The fourth-order valence-electron chi connectivity index (χ4n) is 2.31. The summed E-state index contributed by atoms with van der Waals surface area (Å²) in [5.41, 5.74) is 2.42. The first-order valence-corrected chi connectivity index (χ1v) is 7.74. The van der Waals surface area contributed by atoms with E-state index in [2.05, 4.69) is 10.4 Å². The number of hydrogen-bond acceptors (Lipinski definition) is 2. The van der Waals surface area contributed by atoms with Crippen LogP contribution in [0.15, 0.2) is 54.7 Å². The molecular weight excluding hydrogens is 329 g/mol. The first kappa shape index (κ1) is 16.2. The number of halogens is 2. The van der Waals surface area contributed by atoms with Gasteiger partial charge in [-0.1, -0.05) is 41.4 Å². The van der Waals surface area contributed by atoms with E-state index < -0.39 is 0 Å². The Balaban J connectivity index is 1.74. The van der Waals surface area contributed by atoms with Crippen LogP contribution < -0.4 is 5.32 Å². The number of aryl methyl sites for hydroxylation is 1. The van der Waals surface area contributed by atoms with Crippen molar-refractivity contribution in [3.05, 3.63) is 82.3 Å². The lowest BCUT2D eigenvalue weighted by Crippen LogP contribution is -2.13. The summed E-state index contributed by atoms with van der Waals surface area (Å²) in [5, 5.41) is 7.33. The molecule has 0 radical (unpaired) electrons. The Kier molecular flexibility index (Phi) is 4.62. The minimum Gasteiger partial charge on any atom is -0.304 e. The second-order valence-electron chi connectivity index (χ2n) is 5.47. The highest BCUT2D eigenvalue weighted by atomic mass is 35.5. The van der Waals surface area contributed by atoms with Crippen molar-refractivity contribution in [2.24, 2.45) is 0 Å². The summed E-state index contributed by atoms with van der Waals surface area (Å²) in [6.07, 6.45) is 1.62. The van der Waals surface area contributed by atoms with E-state index in [9.17, 15) is 9.18 Å². The third-order valence-corrected chi connectivity index (χ3v) is 3.76. The molecule has 1 aromatic heterocycles. The van der Waals surface area contributed by atoms with Gasteiger partial charge in [-0.3, -0.25) is 9.48 Å². The molecule has 0 saturated carbocycles. The highest BCUT2D eigenvalue weighted by Gasteiger charge is 2.12. The second-order valence-corrected chi connectivity index (χ2v) is 5.88. The maximum atomic E-state index is 12.9. The van der Waals surface area contributed by atoms with Gasteiger partial charge < -0.3 is 5.32 Å². The number of carbonyl (C=O) groups is 1. The van der Waals surface area contributed by atoms with Gasteiger partial charge in [-0.15, -0.1) is 0 Å². The minimum absolute atomic E-state index is 0.271. The Morgan fingerprint density at radius 1 is 1.25 bits per heavy atom. The van der Waals surface area contributed by atoms with E-state index in [0.717, 1.165) is 11.1 Å². The van der Waals surface area contributed by atoms with Crippen molar-refractivity contribution in [3.8, 4) is 0 Å². The minimum atomic E-state index is -0.289. The first-order chi connectivity index (χ1) is 11.5. The highest BCUT2D eigenvalue weighted by Crippen LogP contribution is 2.21. The van der Waals surface area contributed by atoms with Crippen LogP contribution in [0.25, 0.3) is 0 Å². The van der Waals surface area contributed by atoms with E-state index in [4.69, 9.17) is 11.6 Å². The van der Waals surface area contributed by atoms with Crippen LogP contribution in [0.5, 0.6) is 0 Å². The molecule has 122 valence electrons. The Morgan fingerprint density at radius 3 is 2.71 bits per heavy atom. The molecule has 0 aliphatic heterocycles. The summed E-state index contributed by atoms with van der Waals surface area (Å²) in [7, 11) is 0. The van der Waals surface area contributed by atoms with Crippen molar-refractivity contribution in [2.75, 3.05) is 5.32 Å². The topological polar surface area (TPSA) is 46.9 Å². The van der Waals surface area contributed by atoms with Crippen LogP contribution in [-0.2, 0) is 6.54 Å². The molecule has 0 saturated heterocycles. The van der Waals surface area contributed by atoms with E-state index in [1.807, 2.05) is 19.1 Å². The fourth-order valence-corrected chi connectivity index (χ4v) is 2.50. The van der Waals surface area contributed by atoms with Gasteiger partial charge in [0, 0.05) is 11.8 Å². The van der Waals surface area contributed by atoms with Crippen molar-refractivity contribution in [3.63, 3.8) is 0 Å². The number of rotatable bonds is 4. The summed E-state index contributed by atoms with van der Waals surface area (Å²) in [6.45, 7) is 2.35. The van der Waals surface area contributed by atoms with Crippen LogP contribution in [0.2, 0.25) is 5.02 Å². The molecule has 0 bridgehead atoms. The average molecular weight is 344 g/mol. The molecule has 1 N–H and O–H groups in total. The van der Waals surface area contributed by atoms with Crippen molar-refractivity contribution < 1.29 is 9.18 Å². The van der Waals surface area contributed by atoms with Gasteiger partial charge in [0.05, 0.1) is 6.54 Å². The quantitative estimate of drug-likeness (QED) is 0.768. The van der Waals surface area contributed by atoms with E-state index in [-0.39, 0.29) is 11.7 Å². The Hall–Kier alpha value is -2.66. The lowest BCUT2D eigenvalue weighted by Gasteiger charge is -2.04. The average Bonchev–Trinajstić information content (AvgIpc) is 2.89. The number of nitrogens with one attached hydrogen (secondary N) is 1. The lowest BCUT2D eigenvalue weighted by atomic mass is 10.1. The molecule has 0 unspecified atom stereocenters. The van der Waals surface area contributed by atoms with Gasteiger partial charge in [0.15, 0.2) is 5.82 Å². The number of benzene rings is 2. The molecule has 24 heavy (non-hydrogen) atoms. The SMILES string of the molecule is Cc1cccc(C(=O)Nc2nn(Cc3ccc(F)cc3)cc2Cl)c1. The summed E-state index contributed by atoms with van der Waals surface area (Å²) in [5.74, 6) is -0.263. The summed E-state index contributed by atoms with van der Waals surface area (Å²) >= 11 is 6.14. The zero-order valence-corrected chi connectivity index (χ0v) is 13.7. The number of carbonyl (C=O) groups excluding carboxylic acids is 1. The van der Waals surface area contributed by atoms with Crippen LogP contribution in [0.3, 0.4) is 0 Å². The molecule has 1 heterocycles. The molecule has 0 fully saturated rings. The van der Waals surface area contributed by atoms with Crippen molar-refractivity contribution in [1.29, 1.82) is 0 Å². The molecule has 0 aliphatic rings. The van der Waals surface area contributed by atoms with E-state index in [1.54, 1.807) is 35.1 Å². The summed E-state index contributed by atoms with van der Waals surface area (Å²) in [6, 6.07) is 13.4. The predicted octanol–water partition coefficient (Wildman–Crippen LogP) is 4.28. The molecule has 0 atom stereocenters. The zero-order chi connectivity index (χ0) is 17.1. The van der Waals surface area contributed by atoms with Gasteiger partial charge in [-0.2, -0.15) is 5.10 Å². The molecule has 4 nitrogen and oxygen atoms in total. The summed E-state index contributed by atoms with van der Waals surface area (Å²) in [4.78, 5) is 12.3. The third-order valence-electron chi connectivity index (χ3n) is 3.49. The molecule has 3 aromatic rings. The zero-order valence-electron chi connectivity index (χ0n) is 13.0. The molecule has 0 aliphatic carbocycles. The maximum Gasteiger partial charge on any atom is 0.256 e. The van der Waals surface area contributed by atoms with Crippen LogP contribution in [0.1, 0.15) is 21.5 Å². The van der Waals surface area contributed by atoms with E-state index in [0.29, 0.717) is 22.9 Å². The van der Waals surface area contributed by atoms with Crippen LogP contribution in [0.4, 0.5) is 10.2 Å². The van der Waals surface area contributed by atoms with Gasteiger partial charge in [-0.25, -0.2) is 4.39 Å². The molecule has 3 rings (SSSR count). The number of anilines is 1.